The molecule has 0 atom stereocenters. The molecular formula is C11H10O2. The summed E-state index contributed by atoms with van der Waals surface area (Å²) < 4.78 is 0. The third-order valence-corrected chi connectivity index (χ3v) is 1.95. The Morgan fingerprint density at radius 1 is 1.08 bits per heavy atom. The number of rotatable bonds is 3. The van der Waals surface area contributed by atoms with E-state index in [0.717, 1.165) is 18.1 Å². The summed E-state index contributed by atoms with van der Waals surface area (Å²) in [4.78, 5) is 21.2. The van der Waals surface area contributed by atoms with Crippen molar-refractivity contribution in [2.24, 2.45) is 0 Å². The lowest BCUT2D eigenvalue weighted by Crippen LogP contribution is -1.93. The van der Waals surface area contributed by atoms with Crippen LogP contribution in [0.15, 0.2) is 18.7 Å². The van der Waals surface area contributed by atoms with Gasteiger partial charge in [-0.2, -0.15) is 0 Å². The topological polar surface area (TPSA) is 34.1 Å². The quantitative estimate of drug-likeness (QED) is 0.658. The van der Waals surface area contributed by atoms with Gasteiger partial charge >= 0.3 is 0 Å². The number of aldehydes is 2. The van der Waals surface area contributed by atoms with Crippen molar-refractivity contribution >= 4 is 18.6 Å². The number of carbonyl (C=O) groups is 2. The predicted molar refractivity (Wildman–Crippen MR) is 52.0 cm³/mol. The third kappa shape index (κ3) is 1.72. The summed E-state index contributed by atoms with van der Waals surface area (Å²) >= 11 is 0. The van der Waals surface area contributed by atoms with Crippen molar-refractivity contribution in [1.29, 1.82) is 0 Å². The summed E-state index contributed by atoms with van der Waals surface area (Å²) in [6, 6.07) is 3.35. The minimum absolute atomic E-state index is 0.568. The van der Waals surface area contributed by atoms with Crippen LogP contribution >= 0.6 is 0 Å². The molecule has 0 bridgehead atoms. The van der Waals surface area contributed by atoms with Crippen LogP contribution in [-0.4, -0.2) is 12.6 Å². The average Bonchev–Trinajstić information content (AvgIpc) is 2.17. The maximum absolute atomic E-state index is 10.6. The Balaban J connectivity index is 3.42. The fourth-order valence-electron chi connectivity index (χ4n) is 1.17. The maximum atomic E-state index is 10.6. The van der Waals surface area contributed by atoms with Crippen LogP contribution in [-0.2, 0) is 0 Å². The second-order valence-electron chi connectivity index (χ2n) is 2.78. The minimum atomic E-state index is 0.568. The highest BCUT2D eigenvalue weighted by molar-refractivity contribution is 5.86. The van der Waals surface area contributed by atoms with Crippen LogP contribution in [0.1, 0.15) is 31.8 Å². The molecule has 2 heteroatoms. The van der Waals surface area contributed by atoms with Gasteiger partial charge in [0.15, 0.2) is 6.29 Å². The van der Waals surface area contributed by atoms with E-state index >= 15 is 0 Å². The molecule has 0 aliphatic heterocycles. The Morgan fingerprint density at radius 3 is 2.15 bits per heavy atom. The number of hydrogen-bond donors (Lipinski definition) is 0. The van der Waals surface area contributed by atoms with Crippen molar-refractivity contribution in [3.8, 4) is 0 Å². The Morgan fingerprint density at radius 2 is 1.69 bits per heavy atom. The van der Waals surface area contributed by atoms with E-state index in [1.165, 1.54) is 0 Å². The lowest BCUT2D eigenvalue weighted by atomic mass is 10.0. The number of hydrogen-bond acceptors (Lipinski definition) is 2. The standard InChI is InChI=1S/C11H10O2/c1-3-9-5-10(6-12)8(2)4-11(9)7-13/h3-7H,1H2,2H3. The van der Waals surface area contributed by atoms with Crippen LogP contribution in [0.2, 0.25) is 0 Å². The largest absolute Gasteiger partial charge is 0.298 e. The second kappa shape index (κ2) is 3.81. The zero-order chi connectivity index (χ0) is 9.84. The zero-order valence-corrected chi connectivity index (χ0v) is 7.41. The SMILES string of the molecule is C=Cc1cc(C=O)c(C)cc1C=O. The predicted octanol–water partition coefficient (Wildman–Crippen LogP) is 2.26. The monoisotopic (exact) mass is 174 g/mol. The molecular weight excluding hydrogens is 164 g/mol. The van der Waals surface area contributed by atoms with Gasteiger partial charge in [0.2, 0.25) is 0 Å². The molecule has 66 valence electrons. The van der Waals surface area contributed by atoms with Gasteiger partial charge in [-0.15, -0.1) is 0 Å². The van der Waals surface area contributed by atoms with Crippen LogP contribution in [0.3, 0.4) is 0 Å². The highest BCUT2D eigenvalue weighted by Gasteiger charge is 2.03. The molecule has 1 aromatic rings. The Kier molecular flexibility index (Phi) is 2.75. The lowest BCUT2D eigenvalue weighted by Gasteiger charge is -2.03. The molecule has 0 aliphatic rings. The van der Waals surface area contributed by atoms with Gasteiger partial charge in [-0.1, -0.05) is 12.7 Å². The summed E-state index contributed by atoms with van der Waals surface area (Å²) in [7, 11) is 0. The third-order valence-electron chi connectivity index (χ3n) is 1.95. The molecule has 0 fully saturated rings. The average molecular weight is 174 g/mol. The van der Waals surface area contributed by atoms with Crippen molar-refractivity contribution in [2.75, 3.05) is 0 Å². The molecule has 0 heterocycles. The summed E-state index contributed by atoms with van der Waals surface area (Å²) in [6.45, 7) is 5.37. The normalized spacial score (nSPS) is 9.31. The maximum Gasteiger partial charge on any atom is 0.150 e. The van der Waals surface area contributed by atoms with Crippen LogP contribution < -0.4 is 0 Å². The molecule has 0 N–H and O–H groups in total. The molecule has 0 spiro atoms. The minimum Gasteiger partial charge on any atom is -0.298 e. The molecule has 2 nitrogen and oxygen atoms in total. The molecule has 0 radical (unpaired) electrons. The van der Waals surface area contributed by atoms with E-state index in [0.29, 0.717) is 16.7 Å². The Hall–Kier alpha value is -1.70. The fourth-order valence-corrected chi connectivity index (χ4v) is 1.17. The molecule has 0 aromatic heterocycles. The van der Waals surface area contributed by atoms with Gasteiger partial charge in [0.25, 0.3) is 0 Å². The molecule has 13 heavy (non-hydrogen) atoms. The first kappa shape index (κ1) is 9.39. The van der Waals surface area contributed by atoms with E-state index in [9.17, 15) is 9.59 Å². The van der Waals surface area contributed by atoms with Crippen molar-refractivity contribution in [3.63, 3.8) is 0 Å². The van der Waals surface area contributed by atoms with Crippen molar-refractivity contribution in [2.45, 2.75) is 6.92 Å². The van der Waals surface area contributed by atoms with Crippen molar-refractivity contribution in [1.82, 2.24) is 0 Å². The van der Waals surface area contributed by atoms with Crippen LogP contribution in [0.5, 0.6) is 0 Å². The van der Waals surface area contributed by atoms with Gasteiger partial charge in [0.05, 0.1) is 0 Å². The van der Waals surface area contributed by atoms with Gasteiger partial charge in [-0.05, 0) is 30.2 Å². The first-order valence-electron chi connectivity index (χ1n) is 3.90. The highest BCUT2D eigenvalue weighted by Crippen LogP contribution is 2.14. The summed E-state index contributed by atoms with van der Waals surface area (Å²) in [5.41, 5.74) is 2.67. The van der Waals surface area contributed by atoms with Gasteiger partial charge in [0.1, 0.15) is 6.29 Å². The van der Waals surface area contributed by atoms with E-state index in [2.05, 4.69) is 6.58 Å². The Labute approximate surface area is 76.9 Å². The van der Waals surface area contributed by atoms with Crippen LogP contribution in [0.4, 0.5) is 0 Å². The van der Waals surface area contributed by atoms with E-state index in [-0.39, 0.29) is 0 Å². The van der Waals surface area contributed by atoms with Gasteiger partial charge < -0.3 is 0 Å². The smallest absolute Gasteiger partial charge is 0.150 e. The summed E-state index contributed by atoms with van der Waals surface area (Å²) in [5.74, 6) is 0. The number of aryl methyl sites for hydroxylation is 1. The van der Waals surface area contributed by atoms with Gasteiger partial charge in [-0.3, -0.25) is 9.59 Å². The summed E-state index contributed by atoms with van der Waals surface area (Å²) in [6.07, 6.45) is 3.10. The summed E-state index contributed by atoms with van der Waals surface area (Å²) in [5, 5.41) is 0. The molecule has 1 rings (SSSR count). The van der Waals surface area contributed by atoms with Crippen molar-refractivity contribution in [3.05, 3.63) is 41.0 Å². The molecule has 1 aromatic carbocycles. The highest BCUT2D eigenvalue weighted by atomic mass is 16.1. The second-order valence-corrected chi connectivity index (χ2v) is 2.78. The van der Waals surface area contributed by atoms with E-state index in [4.69, 9.17) is 0 Å². The number of benzene rings is 1. The van der Waals surface area contributed by atoms with Gasteiger partial charge in [0, 0.05) is 11.1 Å². The Bertz CT molecular complexity index is 365. The van der Waals surface area contributed by atoms with E-state index < -0.39 is 0 Å². The van der Waals surface area contributed by atoms with Gasteiger partial charge in [-0.25, -0.2) is 0 Å². The first-order valence-corrected chi connectivity index (χ1v) is 3.90. The first-order chi connectivity index (χ1) is 6.22. The molecule has 0 saturated carbocycles. The fraction of sp³-hybridized carbons (Fsp3) is 0.0909. The molecule has 0 aliphatic carbocycles. The molecule has 0 amide bonds. The molecule has 0 saturated heterocycles. The zero-order valence-electron chi connectivity index (χ0n) is 7.41. The van der Waals surface area contributed by atoms with Crippen LogP contribution in [0, 0.1) is 6.92 Å². The van der Waals surface area contributed by atoms with E-state index in [1.807, 2.05) is 0 Å². The van der Waals surface area contributed by atoms with Crippen molar-refractivity contribution < 1.29 is 9.59 Å². The van der Waals surface area contributed by atoms with Crippen LogP contribution in [0.25, 0.3) is 6.08 Å². The molecule has 0 unspecified atom stereocenters. The van der Waals surface area contributed by atoms with E-state index in [1.54, 1.807) is 25.1 Å². The lowest BCUT2D eigenvalue weighted by molar-refractivity contribution is 0.111. The number of carbonyl (C=O) groups excluding carboxylic acids is 2.